The standard InChI is InChI=1S/C6H11F2NO/c1-4-6(9,5(7)8)2-3-10-4/h4-5H,2-3,9H2,1H3. The molecule has 0 aromatic carbocycles. The molecule has 1 saturated heterocycles. The molecule has 60 valence electrons. The predicted molar refractivity (Wildman–Crippen MR) is 33.0 cm³/mol. The third-order valence-electron chi connectivity index (χ3n) is 2.07. The number of hydrogen-bond acceptors (Lipinski definition) is 2. The van der Waals surface area contributed by atoms with Gasteiger partial charge in [0.25, 0.3) is 6.43 Å². The van der Waals surface area contributed by atoms with Gasteiger partial charge >= 0.3 is 0 Å². The van der Waals surface area contributed by atoms with E-state index in [-0.39, 0.29) is 6.42 Å². The van der Waals surface area contributed by atoms with Crippen LogP contribution in [0.5, 0.6) is 0 Å². The fourth-order valence-electron chi connectivity index (χ4n) is 1.06. The Kier molecular flexibility index (Phi) is 1.92. The van der Waals surface area contributed by atoms with Gasteiger partial charge in [-0.15, -0.1) is 0 Å². The van der Waals surface area contributed by atoms with Crippen molar-refractivity contribution in [3.8, 4) is 0 Å². The van der Waals surface area contributed by atoms with Crippen LogP contribution in [-0.4, -0.2) is 24.7 Å². The molecule has 1 aliphatic heterocycles. The molecule has 0 spiro atoms. The highest BCUT2D eigenvalue weighted by atomic mass is 19.3. The van der Waals surface area contributed by atoms with E-state index >= 15 is 0 Å². The van der Waals surface area contributed by atoms with Crippen LogP contribution in [0.25, 0.3) is 0 Å². The Balaban J connectivity index is 2.66. The minimum Gasteiger partial charge on any atom is -0.376 e. The van der Waals surface area contributed by atoms with Crippen molar-refractivity contribution in [2.24, 2.45) is 5.73 Å². The van der Waals surface area contributed by atoms with Gasteiger partial charge in [0.1, 0.15) is 5.54 Å². The van der Waals surface area contributed by atoms with Gasteiger partial charge in [0.15, 0.2) is 0 Å². The Morgan fingerprint density at radius 3 is 2.50 bits per heavy atom. The Labute approximate surface area is 58.3 Å². The van der Waals surface area contributed by atoms with Crippen molar-refractivity contribution in [1.82, 2.24) is 0 Å². The molecule has 2 N–H and O–H groups in total. The summed E-state index contributed by atoms with van der Waals surface area (Å²) in [6.07, 6.45) is -2.75. The van der Waals surface area contributed by atoms with Crippen LogP contribution in [0.1, 0.15) is 13.3 Å². The maximum absolute atomic E-state index is 12.2. The smallest absolute Gasteiger partial charge is 0.258 e. The molecule has 0 radical (unpaired) electrons. The summed E-state index contributed by atoms with van der Waals surface area (Å²) in [7, 11) is 0. The summed E-state index contributed by atoms with van der Waals surface area (Å²) in [5, 5.41) is 0. The molecular formula is C6H11F2NO. The van der Waals surface area contributed by atoms with Gasteiger partial charge in [-0.2, -0.15) is 0 Å². The zero-order valence-corrected chi connectivity index (χ0v) is 5.81. The van der Waals surface area contributed by atoms with E-state index in [1.807, 2.05) is 0 Å². The lowest BCUT2D eigenvalue weighted by Gasteiger charge is -2.25. The van der Waals surface area contributed by atoms with Crippen molar-refractivity contribution in [2.45, 2.75) is 31.4 Å². The van der Waals surface area contributed by atoms with Crippen LogP contribution in [0.15, 0.2) is 0 Å². The molecule has 2 atom stereocenters. The second-order valence-electron chi connectivity index (χ2n) is 2.68. The lowest BCUT2D eigenvalue weighted by Crippen LogP contribution is -2.52. The Hall–Kier alpha value is -0.220. The van der Waals surface area contributed by atoms with Crippen molar-refractivity contribution in [2.75, 3.05) is 6.61 Å². The molecule has 10 heavy (non-hydrogen) atoms. The monoisotopic (exact) mass is 151 g/mol. The lowest BCUT2D eigenvalue weighted by atomic mass is 9.94. The molecule has 1 fully saturated rings. The van der Waals surface area contributed by atoms with Crippen LogP contribution in [0, 0.1) is 0 Å². The predicted octanol–water partition coefficient (Wildman–Crippen LogP) is 0.758. The molecule has 2 unspecified atom stereocenters. The second kappa shape index (κ2) is 2.43. The maximum atomic E-state index is 12.2. The van der Waals surface area contributed by atoms with E-state index in [1.165, 1.54) is 0 Å². The van der Waals surface area contributed by atoms with Gasteiger partial charge in [0, 0.05) is 6.61 Å². The third kappa shape index (κ3) is 1.01. The number of alkyl halides is 2. The maximum Gasteiger partial charge on any atom is 0.258 e. The van der Waals surface area contributed by atoms with Gasteiger partial charge < -0.3 is 10.5 Å². The third-order valence-corrected chi connectivity index (χ3v) is 2.07. The molecule has 0 saturated carbocycles. The first-order valence-corrected chi connectivity index (χ1v) is 3.26. The molecule has 2 nitrogen and oxygen atoms in total. The zero-order chi connectivity index (χ0) is 7.78. The van der Waals surface area contributed by atoms with Gasteiger partial charge in [0.2, 0.25) is 0 Å². The van der Waals surface area contributed by atoms with E-state index in [2.05, 4.69) is 0 Å². The molecule has 4 heteroatoms. The summed E-state index contributed by atoms with van der Waals surface area (Å²) in [6, 6.07) is 0. The minimum absolute atomic E-state index is 0.256. The summed E-state index contributed by atoms with van der Waals surface area (Å²) >= 11 is 0. The summed E-state index contributed by atoms with van der Waals surface area (Å²) in [5.41, 5.74) is 3.97. The first-order valence-electron chi connectivity index (χ1n) is 3.26. The average molecular weight is 151 g/mol. The van der Waals surface area contributed by atoms with Crippen molar-refractivity contribution in [3.63, 3.8) is 0 Å². The molecule has 0 aliphatic carbocycles. The van der Waals surface area contributed by atoms with E-state index in [4.69, 9.17) is 10.5 Å². The quantitative estimate of drug-likeness (QED) is 0.600. The van der Waals surface area contributed by atoms with Crippen molar-refractivity contribution in [1.29, 1.82) is 0 Å². The number of rotatable bonds is 1. The van der Waals surface area contributed by atoms with Crippen LogP contribution in [-0.2, 0) is 4.74 Å². The lowest BCUT2D eigenvalue weighted by molar-refractivity contribution is 0.00453. The van der Waals surface area contributed by atoms with Crippen LogP contribution in [0.4, 0.5) is 8.78 Å². The van der Waals surface area contributed by atoms with E-state index in [9.17, 15) is 8.78 Å². The van der Waals surface area contributed by atoms with Gasteiger partial charge in [0.05, 0.1) is 6.10 Å². The minimum atomic E-state index is -2.48. The van der Waals surface area contributed by atoms with Gasteiger partial charge in [-0.25, -0.2) is 8.78 Å². The number of hydrogen-bond donors (Lipinski definition) is 1. The second-order valence-corrected chi connectivity index (χ2v) is 2.68. The summed E-state index contributed by atoms with van der Waals surface area (Å²) < 4.78 is 29.3. The van der Waals surface area contributed by atoms with Crippen LogP contribution >= 0.6 is 0 Å². The van der Waals surface area contributed by atoms with Gasteiger partial charge in [-0.05, 0) is 13.3 Å². The topological polar surface area (TPSA) is 35.2 Å². The highest BCUT2D eigenvalue weighted by molar-refractivity contribution is 4.96. The first-order chi connectivity index (χ1) is 4.57. The van der Waals surface area contributed by atoms with E-state index in [0.717, 1.165) is 0 Å². The highest BCUT2D eigenvalue weighted by Crippen LogP contribution is 2.28. The molecular weight excluding hydrogens is 140 g/mol. The average Bonchev–Trinajstić information content (AvgIpc) is 2.15. The number of ether oxygens (including phenoxy) is 1. The van der Waals surface area contributed by atoms with Gasteiger partial charge in [-0.3, -0.25) is 0 Å². The fraction of sp³-hybridized carbons (Fsp3) is 1.00. The molecule has 1 heterocycles. The van der Waals surface area contributed by atoms with Crippen LogP contribution < -0.4 is 5.73 Å². The number of nitrogens with two attached hydrogens (primary N) is 1. The Morgan fingerprint density at radius 1 is 1.70 bits per heavy atom. The zero-order valence-electron chi connectivity index (χ0n) is 5.81. The van der Waals surface area contributed by atoms with Crippen molar-refractivity contribution >= 4 is 0 Å². The van der Waals surface area contributed by atoms with Crippen molar-refractivity contribution < 1.29 is 13.5 Å². The summed E-state index contributed by atoms with van der Waals surface area (Å²) in [4.78, 5) is 0. The summed E-state index contributed by atoms with van der Waals surface area (Å²) in [6.45, 7) is 1.93. The van der Waals surface area contributed by atoms with Crippen LogP contribution in [0.3, 0.4) is 0 Å². The van der Waals surface area contributed by atoms with Crippen LogP contribution in [0.2, 0.25) is 0 Å². The molecule has 0 aromatic rings. The molecule has 0 aromatic heterocycles. The Morgan fingerprint density at radius 2 is 2.30 bits per heavy atom. The first kappa shape index (κ1) is 7.88. The summed E-state index contributed by atoms with van der Waals surface area (Å²) in [5.74, 6) is 0. The molecule has 0 amide bonds. The SMILES string of the molecule is CC1OCCC1(N)C(F)F. The van der Waals surface area contributed by atoms with E-state index in [1.54, 1.807) is 6.92 Å². The Bertz CT molecular complexity index is 131. The van der Waals surface area contributed by atoms with Crippen molar-refractivity contribution in [3.05, 3.63) is 0 Å². The normalized spacial score (nSPS) is 41.1. The highest BCUT2D eigenvalue weighted by Gasteiger charge is 2.45. The van der Waals surface area contributed by atoms with E-state index in [0.29, 0.717) is 6.61 Å². The largest absolute Gasteiger partial charge is 0.376 e. The molecule has 1 rings (SSSR count). The molecule has 1 aliphatic rings. The van der Waals surface area contributed by atoms with Gasteiger partial charge in [-0.1, -0.05) is 0 Å². The number of halogens is 2. The fourth-order valence-corrected chi connectivity index (χ4v) is 1.06. The van der Waals surface area contributed by atoms with E-state index < -0.39 is 18.1 Å². The molecule has 0 bridgehead atoms.